The molecule has 0 saturated heterocycles. The van der Waals surface area contributed by atoms with Crippen molar-refractivity contribution in [3.63, 3.8) is 0 Å². The SMILES string of the molecule is CC[NH2+]/C=C(\C(=N)C(C)(F)F)c1ccccc1[C@@H]1CN(C(=O)/C=C/CN(C)C)Cc2sc(C#N)cc21. The van der Waals surface area contributed by atoms with E-state index in [4.69, 9.17) is 5.41 Å². The quantitative estimate of drug-likeness (QED) is 0.396. The summed E-state index contributed by atoms with van der Waals surface area (Å²) >= 11 is 1.35. The average molecular weight is 513 g/mol. The molecule has 1 aliphatic heterocycles. The lowest BCUT2D eigenvalue weighted by molar-refractivity contribution is -0.583. The molecule has 0 spiro atoms. The second kappa shape index (κ2) is 11.7. The Hall–Kier alpha value is -3.19. The van der Waals surface area contributed by atoms with E-state index in [1.165, 1.54) is 11.3 Å². The van der Waals surface area contributed by atoms with E-state index >= 15 is 0 Å². The lowest BCUT2D eigenvalue weighted by Crippen LogP contribution is -2.77. The molecule has 190 valence electrons. The van der Waals surface area contributed by atoms with Gasteiger partial charge in [0.05, 0.1) is 18.7 Å². The van der Waals surface area contributed by atoms with Crippen LogP contribution in [0.5, 0.6) is 0 Å². The predicted octanol–water partition coefficient (Wildman–Crippen LogP) is 3.81. The van der Waals surface area contributed by atoms with E-state index in [0.717, 1.165) is 22.9 Å². The molecular formula is C27H32F2N5OS+. The van der Waals surface area contributed by atoms with E-state index in [2.05, 4.69) is 6.07 Å². The summed E-state index contributed by atoms with van der Waals surface area (Å²) in [4.78, 5) is 18.2. The molecule has 1 aliphatic rings. The first kappa shape index (κ1) is 27.4. The summed E-state index contributed by atoms with van der Waals surface area (Å²) in [6.07, 6.45) is 4.95. The van der Waals surface area contributed by atoms with Gasteiger partial charge in [0.25, 0.3) is 5.92 Å². The number of thiophene rings is 1. The maximum Gasteiger partial charge on any atom is 0.287 e. The number of carbonyl (C=O) groups excluding carboxylic acids is 1. The summed E-state index contributed by atoms with van der Waals surface area (Å²) in [5, 5.41) is 19.6. The van der Waals surface area contributed by atoms with E-state index in [9.17, 15) is 18.8 Å². The molecule has 3 rings (SSSR count). The Kier molecular flexibility index (Phi) is 8.90. The number of carbonyl (C=O) groups is 1. The maximum atomic E-state index is 14.3. The van der Waals surface area contributed by atoms with Gasteiger partial charge in [0.1, 0.15) is 22.9 Å². The smallest absolute Gasteiger partial charge is 0.287 e. The van der Waals surface area contributed by atoms with Crippen molar-refractivity contribution in [1.29, 1.82) is 10.7 Å². The standard InChI is InChI=1S/C27H31F2N5OS/c1-5-32-15-22(26(31)27(2,28)29)19-9-6-7-10-20(19)23-16-34(25(35)11-8-12-33(3)4)17-24-21(23)13-18(14-30)36-24/h6-11,13,15,23,31-32H,5,12,16-17H2,1-4H3/p+1/b11-8+,22-15-,31-26?/t23-/m0/s1. The lowest BCUT2D eigenvalue weighted by Gasteiger charge is -2.34. The molecule has 9 heteroatoms. The van der Waals surface area contributed by atoms with Crippen LogP contribution in [-0.2, 0) is 11.3 Å². The number of quaternary nitrogens is 1. The van der Waals surface area contributed by atoms with Gasteiger partial charge in [-0.05, 0) is 43.8 Å². The zero-order valence-electron chi connectivity index (χ0n) is 21.0. The molecular weight excluding hydrogens is 480 g/mol. The van der Waals surface area contributed by atoms with Crippen molar-refractivity contribution in [2.45, 2.75) is 32.2 Å². The summed E-state index contributed by atoms with van der Waals surface area (Å²) in [7, 11) is 3.84. The summed E-state index contributed by atoms with van der Waals surface area (Å²) in [6.45, 7) is 4.64. The van der Waals surface area contributed by atoms with Crippen LogP contribution in [0.3, 0.4) is 0 Å². The highest BCUT2D eigenvalue weighted by Crippen LogP contribution is 2.41. The number of nitrogens with zero attached hydrogens (tertiary/aromatic N) is 3. The molecule has 0 saturated carbocycles. The van der Waals surface area contributed by atoms with Gasteiger partial charge >= 0.3 is 0 Å². The van der Waals surface area contributed by atoms with Crippen LogP contribution >= 0.6 is 11.3 Å². The van der Waals surface area contributed by atoms with Crippen molar-refractivity contribution in [1.82, 2.24) is 9.80 Å². The monoisotopic (exact) mass is 512 g/mol. The van der Waals surface area contributed by atoms with Gasteiger partial charge in [-0.3, -0.25) is 10.2 Å². The second-order valence-corrected chi connectivity index (χ2v) is 10.2. The first-order valence-electron chi connectivity index (χ1n) is 11.8. The third-order valence-electron chi connectivity index (χ3n) is 5.96. The molecule has 0 bridgehead atoms. The molecule has 36 heavy (non-hydrogen) atoms. The Balaban J connectivity index is 2.10. The van der Waals surface area contributed by atoms with Crippen molar-refractivity contribution in [3.05, 3.63) is 75.1 Å². The molecule has 1 amide bonds. The fourth-order valence-corrected chi connectivity index (χ4v) is 5.24. The number of rotatable bonds is 9. The predicted molar refractivity (Wildman–Crippen MR) is 139 cm³/mol. The molecule has 0 unspecified atom stereocenters. The molecule has 1 aromatic heterocycles. The number of amides is 1. The molecule has 0 aliphatic carbocycles. The van der Waals surface area contributed by atoms with Crippen LogP contribution in [0, 0.1) is 16.7 Å². The molecule has 0 fully saturated rings. The van der Waals surface area contributed by atoms with E-state index in [0.29, 0.717) is 36.6 Å². The Bertz CT molecular complexity index is 1220. The third-order valence-corrected chi connectivity index (χ3v) is 7.00. The first-order chi connectivity index (χ1) is 17.1. The number of fused-ring (bicyclic) bond motifs is 1. The van der Waals surface area contributed by atoms with Crippen LogP contribution < -0.4 is 5.32 Å². The van der Waals surface area contributed by atoms with Crippen molar-refractivity contribution in [2.75, 3.05) is 33.7 Å². The topological polar surface area (TPSA) is 87.8 Å². The number of nitrogens with one attached hydrogen (secondary N) is 1. The highest BCUT2D eigenvalue weighted by molar-refractivity contribution is 7.12. The van der Waals surface area contributed by atoms with Gasteiger partial charge < -0.3 is 15.1 Å². The Morgan fingerprint density at radius 1 is 1.36 bits per heavy atom. The second-order valence-electron chi connectivity index (χ2n) is 9.11. The number of alkyl halides is 2. The first-order valence-corrected chi connectivity index (χ1v) is 12.6. The van der Waals surface area contributed by atoms with Crippen LogP contribution in [0.4, 0.5) is 8.78 Å². The number of likely N-dealkylation sites (N-methyl/N-ethyl adjacent to an activating group) is 1. The number of hydrogen-bond donors (Lipinski definition) is 2. The summed E-state index contributed by atoms with van der Waals surface area (Å²) in [6, 6.07) is 11.3. The van der Waals surface area contributed by atoms with Crippen molar-refractivity contribution < 1.29 is 18.9 Å². The van der Waals surface area contributed by atoms with E-state index < -0.39 is 11.6 Å². The average Bonchev–Trinajstić information content (AvgIpc) is 3.26. The van der Waals surface area contributed by atoms with Gasteiger partial charge in [-0.2, -0.15) is 14.0 Å². The van der Waals surface area contributed by atoms with Gasteiger partial charge in [0, 0.05) is 36.9 Å². The van der Waals surface area contributed by atoms with Crippen molar-refractivity contribution in [3.8, 4) is 6.07 Å². The van der Waals surface area contributed by atoms with Crippen LogP contribution in [0.2, 0.25) is 0 Å². The summed E-state index contributed by atoms with van der Waals surface area (Å²) in [5.41, 5.74) is 1.62. The van der Waals surface area contributed by atoms with Crippen molar-refractivity contribution in [2.24, 2.45) is 0 Å². The normalized spacial score (nSPS) is 16.3. The highest BCUT2D eigenvalue weighted by Gasteiger charge is 2.36. The van der Waals surface area contributed by atoms with E-state index in [1.807, 2.05) is 50.2 Å². The fourth-order valence-electron chi connectivity index (χ4n) is 4.20. The van der Waals surface area contributed by atoms with Crippen LogP contribution in [0.25, 0.3) is 5.57 Å². The Morgan fingerprint density at radius 3 is 2.72 bits per heavy atom. The minimum Gasteiger partial charge on any atom is -0.333 e. The number of benzene rings is 1. The summed E-state index contributed by atoms with van der Waals surface area (Å²) < 4.78 is 28.6. The van der Waals surface area contributed by atoms with Gasteiger partial charge in [-0.1, -0.05) is 30.3 Å². The Morgan fingerprint density at radius 2 is 2.08 bits per heavy atom. The number of allylic oxidation sites excluding steroid dienone is 1. The molecule has 1 aromatic carbocycles. The zero-order chi connectivity index (χ0) is 26.5. The Labute approximate surface area is 215 Å². The molecule has 2 heterocycles. The summed E-state index contributed by atoms with van der Waals surface area (Å²) in [5.74, 6) is -3.77. The van der Waals surface area contributed by atoms with Crippen LogP contribution in [0.15, 0.2) is 48.7 Å². The van der Waals surface area contributed by atoms with Gasteiger partial charge in [-0.15, -0.1) is 11.3 Å². The highest BCUT2D eigenvalue weighted by atomic mass is 32.1. The maximum absolute atomic E-state index is 14.3. The number of nitriles is 1. The largest absolute Gasteiger partial charge is 0.333 e. The van der Waals surface area contributed by atoms with Gasteiger partial charge in [-0.25, -0.2) is 0 Å². The number of halogens is 2. The van der Waals surface area contributed by atoms with Gasteiger partial charge in [0.2, 0.25) is 5.91 Å². The number of hydrogen-bond acceptors (Lipinski definition) is 5. The van der Waals surface area contributed by atoms with Crippen molar-refractivity contribution >= 4 is 28.5 Å². The van der Waals surface area contributed by atoms with Crippen LogP contribution in [-0.4, -0.2) is 61.1 Å². The van der Waals surface area contributed by atoms with Crippen LogP contribution in [0.1, 0.15) is 46.2 Å². The molecule has 3 N–H and O–H groups in total. The minimum absolute atomic E-state index is 0.139. The third kappa shape index (κ3) is 6.32. The van der Waals surface area contributed by atoms with E-state index in [-0.39, 0.29) is 17.4 Å². The fraction of sp³-hybridized carbons (Fsp3) is 0.370. The molecule has 2 aromatic rings. The lowest BCUT2D eigenvalue weighted by atomic mass is 9.82. The molecule has 1 atom stereocenters. The minimum atomic E-state index is -3.31. The van der Waals surface area contributed by atoms with E-state index in [1.54, 1.807) is 34.6 Å². The van der Waals surface area contributed by atoms with Gasteiger partial charge in [0.15, 0.2) is 0 Å². The molecule has 0 radical (unpaired) electrons. The molecule has 6 nitrogen and oxygen atoms in total. The zero-order valence-corrected chi connectivity index (χ0v) is 21.8. The number of nitrogens with two attached hydrogens (primary N) is 1.